The molecule has 12 rings (SSSR count). The summed E-state index contributed by atoms with van der Waals surface area (Å²) in [6.45, 7) is 4.78. The van der Waals surface area contributed by atoms with Gasteiger partial charge in [-0.15, -0.1) is 0 Å². The summed E-state index contributed by atoms with van der Waals surface area (Å²) in [5, 5.41) is 7.31. The first kappa shape index (κ1) is 27.5. The molecule has 0 fully saturated rings. The molecular formula is C47H33N3O+2. The van der Waals surface area contributed by atoms with Crippen LogP contribution in [0.1, 0.15) is 35.9 Å². The Hall–Kier alpha value is -6.26. The van der Waals surface area contributed by atoms with Crippen LogP contribution in [0.15, 0.2) is 151 Å². The first-order chi connectivity index (χ1) is 25.2. The molecule has 0 saturated carbocycles. The van der Waals surface area contributed by atoms with Crippen molar-refractivity contribution in [2.24, 2.45) is 0 Å². The average molecular weight is 656 g/mol. The number of rotatable bonds is 0. The quantitative estimate of drug-likeness (QED) is 0.149. The molecular weight excluding hydrogens is 623 g/mol. The Balaban J connectivity index is 1.18. The van der Waals surface area contributed by atoms with E-state index in [4.69, 9.17) is 11.0 Å². The van der Waals surface area contributed by atoms with Gasteiger partial charge in [0.25, 0.3) is 0 Å². The van der Waals surface area contributed by atoms with Gasteiger partial charge in [-0.3, -0.25) is 0 Å². The van der Waals surface area contributed by atoms with Crippen LogP contribution in [0.3, 0.4) is 0 Å². The van der Waals surface area contributed by atoms with Crippen molar-refractivity contribution in [2.45, 2.75) is 31.2 Å². The number of furan rings is 1. The van der Waals surface area contributed by atoms with Gasteiger partial charge in [0.15, 0.2) is 24.1 Å². The highest BCUT2D eigenvalue weighted by Gasteiger charge is 2.42. The Kier molecular flexibility index (Phi) is 5.36. The molecule has 2 aliphatic heterocycles. The molecule has 0 spiro atoms. The van der Waals surface area contributed by atoms with Crippen LogP contribution in [0.25, 0.3) is 88.2 Å². The second-order valence-corrected chi connectivity index (χ2v) is 14.5. The Morgan fingerprint density at radius 1 is 0.647 bits per heavy atom. The number of hydrogen-bond acceptors (Lipinski definition) is 1. The molecule has 0 radical (unpaired) electrons. The van der Waals surface area contributed by atoms with Gasteiger partial charge in [0, 0.05) is 62.7 Å². The summed E-state index contributed by atoms with van der Waals surface area (Å²) in [5.74, 6) is 0.344. The summed E-state index contributed by atoms with van der Waals surface area (Å²) >= 11 is 0. The molecule has 0 amide bonds. The molecule has 2 unspecified atom stereocenters. The second-order valence-electron chi connectivity index (χ2n) is 14.5. The zero-order valence-electron chi connectivity index (χ0n) is 28.0. The van der Waals surface area contributed by atoms with Crippen molar-refractivity contribution < 1.29 is 13.6 Å². The molecule has 5 aromatic heterocycles. The Morgan fingerprint density at radius 3 is 2.37 bits per heavy atom. The van der Waals surface area contributed by atoms with Gasteiger partial charge in [0.2, 0.25) is 11.4 Å². The van der Waals surface area contributed by atoms with Crippen LogP contribution in [0, 0.1) is 0 Å². The summed E-state index contributed by atoms with van der Waals surface area (Å²) in [6, 6.07) is 47.2. The lowest BCUT2D eigenvalue weighted by Gasteiger charge is -2.31. The van der Waals surface area contributed by atoms with Gasteiger partial charge < -0.3 is 8.82 Å². The number of benzene rings is 5. The van der Waals surface area contributed by atoms with Crippen LogP contribution >= 0.6 is 0 Å². The van der Waals surface area contributed by atoms with Gasteiger partial charge in [-0.2, -0.15) is 9.13 Å². The SMILES string of the molecule is C=C1CC2C(CCc3cc4c(cc3-c3cccc[n+]31)c1c3oc5ccccc5c3cc3c5ccccc5n4c31)c1ccccc1-c1cccc[n+]12. The zero-order valence-corrected chi connectivity index (χ0v) is 28.0. The molecule has 2 atom stereocenters. The van der Waals surface area contributed by atoms with E-state index in [0.29, 0.717) is 5.92 Å². The highest BCUT2D eigenvalue weighted by atomic mass is 16.3. The van der Waals surface area contributed by atoms with E-state index < -0.39 is 0 Å². The fourth-order valence-corrected chi connectivity index (χ4v) is 9.87. The minimum atomic E-state index is 0.263. The summed E-state index contributed by atoms with van der Waals surface area (Å²) in [5.41, 5.74) is 14.6. The first-order valence-electron chi connectivity index (χ1n) is 18.1. The first-order valence-corrected chi connectivity index (χ1v) is 18.1. The van der Waals surface area contributed by atoms with Crippen molar-refractivity contribution in [1.29, 1.82) is 0 Å². The predicted molar refractivity (Wildman–Crippen MR) is 206 cm³/mol. The van der Waals surface area contributed by atoms with Gasteiger partial charge in [-0.1, -0.05) is 54.6 Å². The van der Waals surface area contributed by atoms with E-state index in [2.05, 4.69) is 153 Å². The fourth-order valence-electron chi connectivity index (χ4n) is 9.87. The van der Waals surface area contributed by atoms with E-state index in [0.717, 1.165) is 41.5 Å². The Labute approximate surface area is 294 Å². The van der Waals surface area contributed by atoms with Crippen molar-refractivity contribution in [1.82, 2.24) is 4.40 Å². The number of hydrogen-bond donors (Lipinski definition) is 0. The molecule has 4 nitrogen and oxygen atoms in total. The summed E-state index contributed by atoms with van der Waals surface area (Å²) in [6.07, 6.45) is 7.34. The van der Waals surface area contributed by atoms with E-state index in [-0.39, 0.29) is 6.04 Å². The highest BCUT2D eigenvalue weighted by Crippen LogP contribution is 2.48. The molecule has 10 aromatic rings. The second kappa shape index (κ2) is 9.92. The number of aryl methyl sites for hydroxylation is 1. The van der Waals surface area contributed by atoms with E-state index >= 15 is 0 Å². The Bertz CT molecular complexity index is 3110. The van der Waals surface area contributed by atoms with Crippen molar-refractivity contribution in [3.8, 4) is 22.5 Å². The van der Waals surface area contributed by atoms with Gasteiger partial charge in [-0.05, 0) is 79.1 Å². The number of allylic oxidation sites excluding steroid dienone is 1. The summed E-state index contributed by atoms with van der Waals surface area (Å²) in [4.78, 5) is 0. The van der Waals surface area contributed by atoms with Crippen molar-refractivity contribution in [3.63, 3.8) is 0 Å². The molecule has 5 aromatic carbocycles. The molecule has 240 valence electrons. The lowest BCUT2D eigenvalue weighted by molar-refractivity contribution is -0.720. The zero-order chi connectivity index (χ0) is 33.4. The molecule has 4 heteroatoms. The largest absolute Gasteiger partial charge is 0.455 e. The van der Waals surface area contributed by atoms with Crippen LogP contribution in [-0.2, 0) is 6.42 Å². The standard InChI is InChI=1S/C47H33N3O/c1-28-24-42-33(30-12-2-3-13-31(30)39-16-9-11-23-49(39)42)21-20-29-25-43-38(26-35(29)40-17-8-10-22-48(28)40)45-46-36(32-14-4-6-18-41(32)50(43)46)27-37-34-15-5-7-19-44(34)51-47(37)45/h2-19,22-23,25-27,33,42H,1,20-21,24H2/q+2. The smallest absolute Gasteiger partial charge is 0.218 e. The van der Waals surface area contributed by atoms with Gasteiger partial charge >= 0.3 is 0 Å². The highest BCUT2D eigenvalue weighted by molar-refractivity contribution is 6.33. The Morgan fingerprint density at radius 2 is 1.43 bits per heavy atom. The lowest BCUT2D eigenvalue weighted by Crippen LogP contribution is -2.49. The number of para-hydroxylation sites is 2. The normalized spacial score (nSPS) is 17.2. The third kappa shape index (κ3) is 3.59. The van der Waals surface area contributed by atoms with Crippen LogP contribution < -0.4 is 9.13 Å². The van der Waals surface area contributed by atoms with E-state index in [1.54, 1.807) is 0 Å². The summed E-state index contributed by atoms with van der Waals surface area (Å²) in [7, 11) is 0. The monoisotopic (exact) mass is 655 g/mol. The number of fused-ring (bicyclic) bond motifs is 19. The maximum absolute atomic E-state index is 6.77. The molecule has 2 aliphatic rings. The molecule has 0 saturated heterocycles. The fraction of sp³-hybridized carbons (Fsp3) is 0.106. The van der Waals surface area contributed by atoms with Crippen molar-refractivity contribution in [2.75, 3.05) is 0 Å². The molecule has 51 heavy (non-hydrogen) atoms. The summed E-state index contributed by atoms with van der Waals surface area (Å²) < 4.78 is 14.1. The van der Waals surface area contributed by atoms with E-state index in [1.165, 1.54) is 77.1 Å². The molecule has 0 N–H and O–H groups in total. The number of pyridine rings is 2. The molecule has 7 heterocycles. The maximum atomic E-state index is 6.77. The number of nitrogens with zero attached hydrogens (tertiary/aromatic N) is 3. The maximum Gasteiger partial charge on any atom is 0.218 e. The van der Waals surface area contributed by atoms with Crippen LogP contribution in [0.4, 0.5) is 0 Å². The lowest BCUT2D eigenvalue weighted by atomic mass is 9.77. The van der Waals surface area contributed by atoms with Crippen LogP contribution in [0.5, 0.6) is 0 Å². The topological polar surface area (TPSA) is 25.3 Å². The van der Waals surface area contributed by atoms with Gasteiger partial charge in [0.1, 0.15) is 11.2 Å². The van der Waals surface area contributed by atoms with Crippen molar-refractivity contribution >= 4 is 65.7 Å². The average Bonchev–Trinajstić information content (AvgIpc) is 3.83. The van der Waals surface area contributed by atoms with Crippen LogP contribution in [-0.4, -0.2) is 4.40 Å². The van der Waals surface area contributed by atoms with Crippen LogP contribution in [0.2, 0.25) is 0 Å². The van der Waals surface area contributed by atoms with Crippen molar-refractivity contribution in [3.05, 3.63) is 157 Å². The third-order valence-electron chi connectivity index (χ3n) is 12.0. The predicted octanol–water partition coefficient (Wildman–Crippen LogP) is 10.8. The minimum absolute atomic E-state index is 0.263. The minimum Gasteiger partial charge on any atom is -0.455 e. The van der Waals surface area contributed by atoms with E-state index in [9.17, 15) is 0 Å². The third-order valence-corrected chi connectivity index (χ3v) is 12.0. The van der Waals surface area contributed by atoms with Gasteiger partial charge in [0.05, 0.1) is 33.9 Å². The number of aromatic nitrogens is 3. The van der Waals surface area contributed by atoms with Gasteiger partial charge in [-0.25, -0.2) is 0 Å². The molecule has 0 bridgehead atoms. The molecule has 0 aliphatic carbocycles. The van der Waals surface area contributed by atoms with E-state index in [1.807, 2.05) is 0 Å².